The van der Waals surface area contributed by atoms with E-state index in [1.54, 1.807) is 6.92 Å². The van der Waals surface area contributed by atoms with E-state index in [0.717, 1.165) is 18.7 Å². The van der Waals surface area contributed by atoms with Crippen molar-refractivity contribution in [1.29, 1.82) is 0 Å². The second-order valence-corrected chi connectivity index (χ2v) is 7.34. The van der Waals surface area contributed by atoms with E-state index >= 15 is 0 Å². The molecule has 1 saturated carbocycles. The Balaban J connectivity index is 1.97. The van der Waals surface area contributed by atoms with Crippen LogP contribution in [-0.4, -0.2) is 23.3 Å². The number of rotatable bonds is 6. The van der Waals surface area contributed by atoms with Crippen molar-refractivity contribution in [2.24, 2.45) is 5.41 Å². The zero-order valence-corrected chi connectivity index (χ0v) is 14.7. The Hall–Kier alpha value is -1.85. The highest BCUT2D eigenvalue weighted by molar-refractivity contribution is 5.94. The van der Waals surface area contributed by atoms with Crippen molar-refractivity contribution < 1.29 is 4.79 Å². The van der Waals surface area contributed by atoms with Gasteiger partial charge in [-0.25, -0.2) is 0 Å². The molecule has 1 aliphatic rings. The van der Waals surface area contributed by atoms with Gasteiger partial charge in [0.15, 0.2) is 5.78 Å². The molecule has 23 heavy (non-hydrogen) atoms. The predicted molar refractivity (Wildman–Crippen MR) is 96.2 cm³/mol. The SMILES string of the molecule is CC(=O)c1cccc(CN(CC=CC#CC(C)(C)C)C2CC2)c1. The van der Waals surface area contributed by atoms with Crippen LogP contribution in [0.3, 0.4) is 0 Å². The summed E-state index contributed by atoms with van der Waals surface area (Å²) in [5, 5.41) is 0. The normalized spacial score (nSPS) is 14.8. The summed E-state index contributed by atoms with van der Waals surface area (Å²) in [7, 11) is 0. The highest BCUT2D eigenvalue weighted by Gasteiger charge is 2.28. The van der Waals surface area contributed by atoms with E-state index in [1.165, 1.54) is 18.4 Å². The van der Waals surface area contributed by atoms with Gasteiger partial charge in [-0.2, -0.15) is 0 Å². The van der Waals surface area contributed by atoms with Gasteiger partial charge in [0.2, 0.25) is 0 Å². The lowest BCUT2D eigenvalue weighted by molar-refractivity contribution is 0.101. The van der Waals surface area contributed by atoms with Gasteiger partial charge in [0, 0.05) is 30.1 Å². The molecule has 0 N–H and O–H groups in total. The molecule has 0 aromatic heterocycles. The molecule has 0 saturated heterocycles. The molecule has 0 unspecified atom stereocenters. The van der Waals surface area contributed by atoms with Gasteiger partial charge in [-0.1, -0.05) is 36.1 Å². The second kappa shape index (κ2) is 7.62. The van der Waals surface area contributed by atoms with Crippen LogP contribution in [-0.2, 0) is 6.54 Å². The number of benzene rings is 1. The van der Waals surface area contributed by atoms with Gasteiger partial charge >= 0.3 is 0 Å². The summed E-state index contributed by atoms with van der Waals surface area (Å²) in [5.74, 6) is 6.47. The molecule has 0 heterocycles. The van der Waals surface area contributed by atoms with Crippen molar-refractivity contribution in [3.63, 3.8) is 0 Å². The van der Waals surface area contributed by atoms with Crippen molar-refractivity contribution >= 4 is 5.78 Å². The Labute approximate surface area is 140 Å². The minimum atomic E-state index is 0.0493. The predicted octanol–water partition coefficient (Wildman–Crippen LogP) is 4.46. The van der Waals surface area contributed by atoms with Crippen LogP contribution in [0.25, 0.3) is 0 Å². The molecule has 2 rings (SSSR count). The molecule has 122 valence electrons. The van der Waals surface area contributed by atoms with E-state index in [2.05, 4.69) is 49.7 Å². The van der Waals surface area contributed by atoms with Crippen LogP contribution in [0.5, 0.6) is 0 Å². The fraction of sp³-hybridized carbons (Fsp3) is 0.476. The van der Waals surface area contributed by atoms with Crippen molar-refractivity contribution in [2.45, 2.75) is 53.1 Å². The molecule has 0 radical (unpaired) electrons. The number of carbonyl (C=O) groups is 1. The molecule has 0 amide bonds. The minimum Gasteiger partial charge on any atom is -0.295 e. The Bertz CT molecular complexity index is 636. The third kappa shape index (κ3) is 6.42. The summed E-state index contributed by atoms with van der Waals surface area (Å²) in [6, 6.07) is 8.65. The van der Waals surface area contributed by atoms with Crippen molar-refractivity contribution in [3.8, 4) is 11.8 Å². The van der Waals surface area contributed by atoms with Crippen LogP contribution in [0.1, 0.15) is 56.5 Å². The van der Waals surface area contributed by atoms with E-state index in [9.17, 15) is 4.79 Å². The fourth-order valence-corrected chi connectivity index (χ4v) is 2.41. The molecule has 0 bridgehead atoms. The third-order valence-electron chi connectivity index (χ3n) is 3.77. The average Bonchev–Trinajstić information content (AvgIpc) is 3.29. The Kier molecular flexibility index (Phi) is 5.80. The third-order valence-corrected chi connectivity index (χ3v) is 3.77. The monoisotopic (exact) mass is 309 g/mol. The quantitative estimate of drug-likeness (QED) is 0.571. The maximum atomic E-state index is 11.5. The molecule has 1 aromatic rings. The number of allylic oxidation sites excluding steroid dienone is 1. The van der Waals surface area contributed by atoms with E-state index in [-0.39, 0.29) is 11.2 Å². The van der Waals surface area contributed by atoms with Gasteiger partial charge in [-0.3, -0.25) is 9.69 Å². The molecular weight excluding hydrogens is 282 g/mol. The molecule has 1 aromatic carbocycles. The molecular formula is C21H27NO. The maximum absolute atomic E-state index is 11.5. The number of carbonyl (C=O) groups excluding carboxylic acids is 1. The van der Waals surface area contributed by atoms with Gasteiger partial charge in [0.05, 0.1) is 0 Å². The summed E-state index contributed by atoms with van der Waals surface area (Å²) in [6.07, 6.45) is 6.65. The average molecular weight is 309 g/mol. The topological polar surface area (TPSA) is 20.3 Å². The van der Waals surface area contributed by atoms with E-state index in [4.69, 9.17) is 0 Å². The largest absolute Gasteiger partial charge is 0.295 e. The van der Waals surface area contributed by atoms with E-state index in [1.807, 2.05) is 24.3 Å². The minimum absolute atomic E-state index is 0.0493. The highest BCUT2D eigenvalue weighted by atomic mass is 16.1. The van der Waals surface area contributed by atoms with Crippen LogP contribution in [0.15, 0.2) is 36.4 Å². The maximum Gasteiger partial charge on any atom is 0.159 e. The summed E-state index contributed by atoms with van der Waals surface area (Å²) < 4.78 is 0. The second-order valence-electron chi connectivity index (χ2n) is 7.34. The number of Topliss-reactive ketones (excluding diaryl/α,β-unsaturated/α-hetero) is 1. The lowest BCUT2D eigenvalue weighted by Crippen LogP contribution is -2.25. The van der Waals surface area contributed by atoms with E-state index in [0.29, 0.717) is 6.04 Å². The van der Waals surface area contributed by atoms with Crippen molar-refractivity contribution in [1.82, 2.24) is 4.90 Å². The molecule has 2 heteroatoms. The van der Waals surface area contributed by atoms with Gasteiger partial charge in [-0.05, 0) is 58.2 Å². The number of nitrogens with zero attached hydrogens (tertiary/aromatic N) is 1. The Morgan fingerprint density at radius 2 is 2.09 bits per heavy atom. The summed E-state index contributed by atoms with van der Waals surface area (Å²) in [5.41, 5.74) is 2.05. The summed E-state index contributed by atoms with van der Waals surface area (Å²) in [6.45, 7) is 9.77. The molecule has 2 nitrogen and oxygen atoms in total. The molecule has 1 aliphatic carbocycles. The van der Waals surface area contributed by atoms with Crippen molar-refractivity contribution in [2.75, 3.05) is 6.54 Å². The molecule has 0 aliphatic heterocycles. The molecule has 0 atom stereocenters. The fourth-order valence-electron chi connectivity index (χ4n) is 2.41. The van der Waals surface area contributed by atoms with Gasteiger partial charge in [0.25, 0.3) is 0 Å². The Morgan fingerprint density at radius 1 is 1.35 bits per heavy atom. The van der Waals surface area contributed by atoms with E-state index < -0.39 is 0 Å². The summed E-state index contributed by atoms with van der Waals surface area (Å²) in [4.78, 5) is 14.0. The lowest BCUT2D eigenvalue weighted by Gasteiger charge is -2.20. The first-order chi connectivity index (χ1) is 10.8. The van der Waals surface area contributed by atoms with Crippen LogP contribution >= 0.6 is 0 Å². The number of hydrogen-bond donors (Lipinski definition) is 0. The molecule has 1 fully saturated rings. The van der Waals surface area contributed by atoms with Gasteiger partial charge in [0.1, 0.15) is 0 Å². The highest BCUT2D eigenvalue weighted by Crippen LogP contribution is 2.28. The van der Waals surface area contributed by atoms with Crippen LogP contribution in [0.4, 0.5) is 0 Å². The first kappa shape index (κ1) is 17.5. The van der Waals surface area contributed by atoms with Crippen LogP contribution in [0.2, 0.25) is 0 Å². The van der Waals surface area contributed by atoms with Gasteiger partial charge < -0.3 is 0 Å². The lowest BCUT2D eigenvalue weighted by atomic mass is 9.98. The number of hydrogen-bond acceptors (Lipinski definition) is 2. The molecule has 0 spiro atoms. The number of ketones is 1. The van der Waals surface area contributed by atoms with Crippen molar-refractivity contribution in [3.05, 3.63) is 47.5 Å². The zero-order chi connectivity index (χ0) is 16.9. The smallest absolute Gasteiger partial charge is 0.159 e. The first-order valence-corrected chi connectivity index (χ1v) is 8.37. The standard InChI is InChI=1S/C21H27NO/c1-17(23)19-10-8-9-18(15-19)16-22(20-11-12-20)14-7-5-6-13-21(2,3)4/h5,7-10,15,20H,11-12,14,16H2,1-4H3. The zero-order valence-electron chi connectivity index (χ0n) is 14.7. The van der Waals surface area contributed by atoms with Crippen LogP contribution in [0, 0.1) is 17.3 Å². The van der Waals surface area contributed by atoms with Crippen LogP contribution < -0.4 is 0 Å². The van der Waals surface area contributed by atoms with Gasteiger partial charge in [-0.15, -0.1) is 0 Å². The summed E-state index contributed by atoms with van der Waals surface area (Å²) >= 11 is 0. The Morgan fingerprint density at radius 3 is 2.70 bits per heavy atom. The first-order valence-electron chi connectivity index (χ1n) is 8.37.